The van der Waals surface area contributed by atoms with Crippen molar-refractivity contribution in [3.8, 4) is 0 Å². The van der Waals surface area contributed by atoms with Gasteiger partial charge in [-0.25, -0.2) is 8.78 Å². The zero-order valence-corrected chi connectivity index (χ0v) is 7.22. The molecule has 0 bridgehead atoms. The maximum absolute atomic E-state index is 13.1. The average molecular weight is 187 g/mol. The first kappa shape index (κ1) is 10.1. The molecule has 1 aromatic carbocycles. The van der Waals surface area contributed by atoms with Crippen molar-refractivity contribution in [3.63, 3.8) is 0 Å². The lowest BCUT2D eigenvalue weighted by Crippen LogP contribution is -2.22. The molecule has 0 aliphatic heterocycles. The molecule has 0 amide bonds. The van der Waals surface area contributed by atoms with E-state index in [0.29, 0.717) is 0 Å². The lowest BCUT2D eigenvalue weighted by molar-refractivity contribution is 0.244. The van der Waals surface area contributed by atoms with Gasteiger partial charge in [-0.15, -0.1) is 0 Å². The summed E-state index contributed by atoms with van der Waals surface area (Å²) < 4.78 is 26.2. The molecule has 0 aliphatic carbocycles. The van der Waals surface area contributed by atoms with E-state index in [0.717, 1.165) is 0 Å². The number of aliphatic hydroxyl groups excluding tert-OH is 1. The van der Waals surface area contributed by atoms with Crippen LogP contribution in [0.1, 0.15) is 11.6 Å². The van der Waals surface area contributed by atoms with Crippen LogP contribution in [0.4, 0.5) is 8.78 Å². The molecule has 2 nitrogen and oxygen atoms in total. The van der Waals surface area contributed by atoms with E-state index in [1.165, 1.54) is 25.2 Å². The number of halogens is 2. The third-order valence-electron chi connectivity index (χ3n) is 1.88. The predicted molar refractivity (Wildman–Crippen MR) is 45.2 cm³/mol. The Hall–Kier alpha value is -1.00. The molecule has 1 aromatic rings. The van der Waals surface area contributed by atoms with Crippen LogP contribution in [-0.2, 0) is 0 Å². The van der Waals surface area contributed by atoms with Crippen LogP contribution >= 0.6 is 0 Å². The molecule has 1 atom stereocenters. The highest BCUT2D eigenvalue weighted by molar-refractivity contribution is 5.23. The zero-order valence-electron chi connectivity index (χ0n) is 7.22. The fraction of sp³-hybridized carbons (Fsp3) is 0.333. The van der Waals surface area contributed by atoms with Gasteiger partial charge in [0.2, 0.25) is 0 Å². The summed E-state index contributed by atoms with van der Waals surface area (Å²) in [6.07, 6.45) is 0. The highest BCUT2D eigenvalue weighted by atomic mass is 19.1. The van der Waals surface area contributed by atoms with E-state index in [1.807, 2.05) is 0 Å². The van der Waals surface area contributed by atoms with Gasteiger partial charge in [-0.3, -0.25) is 0 Å². The Morgan fingerprint density at radius 2 is 1.92 bits per heavy atom. The molecule has 0 saturated heterocycles. The molecule has 0 spiro atoms. The molecule has 72 valence electrons. The standard InChI is InChI=1S/C9H11F2NO/c1-12-8(5-13)9-6(10)3-2-4-7(9)11/h2-4,8,12-13H,5H2,1H3/t8-/m0/s1. The summed E-state index contributed by atoms with van der Waals surface area (Å²) in [5, 5.41) is 11.5. The fourth-order valence-electron chi connectivity index (χ4n) is 1.17. The van der Waals surface area contributed by atoms with Crippen molar-refractivity contribution in [1.29, 1.82) is 0 Å². The van der Waals surface area contributed by atoms with E-state index in [9.17, 15) is 8.78 Å². The molecule has 4 heteroatoms. The summed E-state index contributed by atoms with van der Waals surface area (Å²) in [7, 11) is 1.53. The normalized spacial score (nSPS) is 12.9. The summed E-state index contributed by atoms with van der Waals surface area (Å²) in [4.78, 5) is 0. The Kier molecular flexibility index (Phi) is 3.33. The van der Waals surface area contributed by atoms with Crippen molar-refractivity contribution in [3.05, 3.63) is 35.4 Å². The first-order valence-electron chi connectivity index (χ1n) is 3.92. The zero-order chi connectivity index (χ0) is 9.84. The summed E-state index contributed by atoms with van der Waals surface area (Å²) >= 11 is 0. The predicted octanol–water partition coefficient (Wildman–Crippen LogP) is 1.22. The van der Waals surface area contributed by atoms with E-state index in [4.69, 9.17) is 5.11 Å². The minimum absolute atomic E-state index is 0.118. The van der Waals surface area contributed by atoms with Gasteiger partial charge in [-0.1, -0.05) is 6.07 Å². The summed E-state index contributed by atoms with van der Waals surface area (Å²) in [5.74, 6) is -1.29. The number of hydrogen-bond acceptors (Lipinski definition) is 2. The molecule has 0 radical (unpaired) electrons. The van der Waals surface area contributed by atoms with Crippen LogP contribution in [0.3, 0.4) is 0 Å². The van der Waals surface area contributed by atoms with Gasteiger partial charge in [0.15, 0.2) is 0 Å². The molecule has 0 heterocycles. The topological polar surface area (TPSA) is 32.3 Å². The van der Waals surface area contributed by atoms with Gasteiger partial charge in [0, 0.05) is 5.56 Å². The van der Waals surface area contributed by atoms with Crippen LogP contribution in [0.5, 0.6) is 0 Å². The third kappa shape index (κ3) is 2.02. The Morgan fingerprint density at radius 3 is 2.31 bits per heavy atom. The van der Waals surface area contributed by atoms with Crippen molar-refractivity contribution < 1.29 is 13.9 Å². The maximum Gasteiger partial charge on any atom is 0.131 e. The number of aliphatic hydroxyl groups is 1. The van der Waals surface area contributed by atoms with Crippen LogP contribution in [0.2, 0.25) is 0 Å². The third-order valence-corrected chi connectivity index (χ3v) is 1.88. The lowest BCUT2D eigenvalue weighted by atomic mass is 10.1. The van der Waals surface area contributed by atoms with Gasteiger partial charge >= 0.3 is 0 Å². The highest BCUT2D eigenvalue weighted by Gasteiger charge is 2.16. The van der Waals surface area contributed by atoms with Gasteiger partial charge in [-0.2, -0.15) is 0 Å². The molecule has 2 N–H and O–H groups in total. The first-order chi connectivity index (χ1) is 6.20. The van der Waals surface area contributed by atoms with Crippen LogP contribution in [0.15, 0.2) is 18.2 Å². The molecular weight excluding hydrogens is 176 g/mol. The van der Waals surface area contributed by atoms with Gasteiger partial charge in [0.25, 0.3) is 0 Å². The molecule has 13 heavy (non-hydrogen) atoms. The lowest BCUT2D eigenvalue weighted by Gasteiger charge is -2.14. The van der Waals surface area contributed by atoms with E-state index >= 15 is 0 Å². The Balaban J connectivity index is 3.10. The van der Waals surface area contributed by atoms with Crippen molar-refractivity contribution in [1.82, 2.24) is 5.32 Å². The van der Waals surface area contributed by atoms with Gasteiger partial charge in [-0.05, 0) is 19.2 Å². The SMILES string of the molecule is CN[C@@H](CO)c1c(F)cccc1F. The molecule has 0 saturated carbocycles. The molecule has 0 aliphatic rings. The quantitative estimate of drug-likeness (QED) is 0.745. The van der Waals surface area contributed by atoms with Gasteiger partial charge < -0.3 is 10.4 Å². The van der Waals surface area contributed by atoms with Crippen LogP contribution in [0, 0.1) is 11.6 Å². The average Bonchev–Trinajstić information content (AvgIpc) is 2.11. The van der Waals surface area contributed by atoms with E-state index in [1.54, 1.807) is 0 Å². The van der Waals surface area contributed by atoms with Gasteiger partial charge in [0.1, 0.15) is 11.6 Å². The molecular formula is C9H11F2NO. The Bertz CT molecular complexity index is 267. The van der Waals surface area contributed by atoms with Crippen LogP contribution in [-0.4, -0.2) is 18.8 Å². The summed E-state index contributed by atoms with van der Waals surface area (Å²) in [6.45, 7) is -0.339. The van der Waals surface area contributed by atoms with E-state index in [-0.39, 0.29) is 12.2 Å². The Morgan fingerprint density at radius 1 is 1.38 bits per heavy atom. The highest BCUT2D eigenvalue weighted by Crippen LogP contribution is 2.19. The molecule has 0 aromatic heterocycles. The number of nitrogens with one attached hydrogen (secondary N) is 1. The maximum atomic E-state index is 13.1. The largest absolute Gasteiger partial charge is 0.394 e. The Labute approximate surface area is 75.2 Å². The minimum Gasteiger partial charge on any atom is -0.394 e. The first-order valence-corrected chi connectivity index (χ1v) is 3.92. The minimum atomic E-state index is -0.693. The fourth-order valence-corrected chi connectivity index (χ4v) is 1.17. The molecule has 1 rings (SSSR count). The van der Waals surface area contributed by atoms with Crippen LogP contribution < -0.4 is 5.32 Å². The number of likely N-dealkylation sites (N-methyl/N-ethyl adjacent to an activating group) is 1. The van der Waals surface area contributed by atoms with E-state index in [2.05, 4.69) is 5.32 Å². The monoisotopic (exact) mass is 187 g/mol. The van der Waals surface area contributed by atoms with Gasteiger partial charge in [0.05, 0.1) is 12.6 Å². The summed E-state index contributed by atoms with van der Waals surface area (Å²) in [6, 6.07) is 2.93. The smallest absolute Gasteiger partial charge is 0.131 e. The molecule has 0 unspecified atom stereocenters. The van der Waals surface area contributed by atoms with Crippen LogP contribution in [0.25, 0.3) is 0 Å². The second-order valence-corrected chi connectivity index (χ2v) is 2.66. The van der Waals surface area contributed by atoms with Crippen molar-refractivity contribution in [2.75, 3.05) is 13.7 Å². The second kappa shape index (κ2) is 4.30. The molecule has 0 fully saturated rings. The number of benzene rings is 1. The second-order valence-electron chi connectivity index (χ2n) is 2.66. The number of hydrogen-bond donors (Lipinski definition) is 2. The van der Waals surface area contributed by atoms with E-state index < -0.39 is 17.7 Å². The van der Waals surface area contributed by atoms with Crippen molar-refractivity contribution >= 4 is 0 Å². The van der Waals surface area contributed by atoms with Crippen molar-refractivity contribution in [2.45, 2.75) is 6.04 Å². The van der Waals surface area contributed by atoms with Crippen molar-refractivity contribution in [2.24, 2.45) is 0 Å². The number of rotatable bonds is 3. The summed E-state index contributed by atoms with van der Waals surface area (Å²) in [5.41, 5.74) is -0.118.